The molecule has 0 aliphatic rings. The van der Waals surface area contributed by atoms with Crippen molar-refractivity contribution in [3.8, 4) is 0 Å². The Bertz CT molecular complexity index is 548. The van der Waals surface area contributed by atoms with Crippen molar-refractivity contribution in [3.63, 3.8) is 0 Å². The lowest BCUT2D eigenvalue weighted by Gasteiger charge is -2.12. The summed E-state index contributed by atoms with van der Waals surface area (Å²) in [5.41, 5.74) is 0.694. The molecule has 2 heterocycles. The van der Waals surface area contributed by atoms with E-state index in [0.717, 1.165) is 11.5 Å². The number of hydrogen-bond donors (Lipinski definition) is 0. The summed E-state index contributed by atoms with van der Waals surface area (Å²) in [4.78, 5) is 17.7. The molecular formula is C12H14N4O. The van der Waals surface area contributed by atoms with Gasteiger partial charge < -0.3 is 4.90 Å². The lowest BCUT2D eigenvalue weighted by Crippen LogP contribution is -2.25. The summed E-state index contributed by atoms with van der Waals surface area (Å²) >= 11 is 0. The Morgan fingerprint density at radius 2 is 2.06 bits per heavy atom. The molecule has 5 heteroatoms. The van der Waals surface area contributed by atoms with E-state index in [-0.39, 0.29) is 5.56 Å². The van der Waals surface area contributed by atoms with Gasteiger partial charge in [0.05, 0.1) is 12.2 Å². The maximum atomic E-state index is 11.7. The molecule has 0 fully saturated rings. The molecule has 88 valence electrons. The minimum Gasteiger partial charge on any atom is -0.361 e. The molecule has 5 nitrogen and oxygen atoms in total. The summed E-state index contributed by atoms with van der Waals surface area (Å²) in [7, 11) is 3.77. The van der Waals surface area contributed by atoms with Crippen LogP contribution in [-0.2, 0) is 6.54 Å². The fourth-order valence-corrected chi connectivity index (χ4v) is 1.44. The van der Waals surface area contributed by atoms with Crippen molar-refractivity contribution in [1.82, 2.24) is 14.8 Å². The molecule has 0 radical (unpaired) electrons. The lowest BCUT2D eigenvalue weighted by atomic mass is 10.3. The van der Waals surface area contributed by atoms with Crippen molar-refractivity contribution in [1.29, 1.82) is 0 Å². The van der Waals surface area contributed by atoms with Crippen LogP contribution in [0.2, 0.25) is 0 Å². The largest absolute Gasteiger partial charge is 0.361 e. The van der Waals surface area contributed by atoms with Crippen LogP contribution < -0.4 is 10.5 Å². The van der Waals surface area contributed by atoms with Gasteiger partial charge in [0.15, 0.2) is 0 Å². The Morgan fingerprint density at radius 3 is 2.71 bits per heavy atom. The molecule has 2 aromatic rings. The van der Waals surface area contributed by atoms with E-state index in [0.29, 0.717) is 6.54 Å². The van der Waals surface area contributed by atoms with Gasteiger partial charge in [-0.25, -0.2) is 4.68 Å². The highest BCUT2D eigenvalue weighted by atomic mass is 16.1. The molecule has 0 saturated heterocycles. The SMILES string of the molecule is CN(C)c1ccc(=O)n(Cc2ccccn2)n1. The van der Waals surface area contributed by atoms with Crippen LogP contribution in [0.3, 0.4) is 0 Å². The Morgan fingerprint density at radius 1 is 1.24 bits per heavy atom. The molecule has 0 atom stereocenters. The third-order valence-corrected chi connectivity index (χ3v) is 2.35. The van der Waals surface area contributed by atoms with E-state index >= 15 is 0 Å². The van der Waals surface area contributed by atoms with Gasteiger partial charge in [0, 0.05) is 26.4 Å². The van der Waals surface area contributed by atoms with Gasteiger partial charge in [0.25, 0.3) is 5.56 Å². The Balaban J connectivity index is 2.32. The quantitative estimate of drug-likeness (QED) is 0.781. The highest BCUT2D eigenvalue weighted by Crippen LogP contribution is 2.03. The smallest absolute Gasteiger partial charge is 0.267 e. The summed E-state index contributed by atoms with van der Waals surface area (Å²) in [5.74, 6) is 0.750. The molecule has 0 aliphatic heterocycles. The number of rotatable bonds is 3. The molecule has 0 unspecified atom stereocenters. The van der Waals surface area contributed by atoms with Crippen LogP contribution in [0.5, 0.6) is 0 Å². The second kappa shape index (κ2) is 4.78. The minimum atomic E-state index is -0.124. The van der Waals surface area contributed by atoms with Crippen molar-refractivity contribution in [3.05, 3.63) is 52.6 Å². The molecule has 0 aliphatic carbocycles. The zero-order valence-corrected chi connectivity index (χ0v) is 9.87. The highest BCUT2D eigenvalue weighted by Gasteiger charge is 2.03. The molecule has 0 N–H and O–H groups in total. The summed E-state index contributed by atoms with van der Waals surface area (Å²) < 4.78 is 1.41. The zero-order valence-electron chi connectivity index (χ0n) is 9.87. The summed E-state index contributed by atoms with van der Waals surface area (Å²) in [6, 6.07) is 8.83. The standard InChI is InChI=1S/C12H14N4O/c1-15(2)11-6-7-12(17)16(14-11)9-10-5-3-4-8-13-10/h3-8H,9H2,1-2H3. The zero-order chi connectivity index (χ0) is 12.3. The summed E-state index contributed by atoms with van der Waals surface area (Å²) in [6.07, 6.45) is 1.70. The monoisotopic (exact) mass is 230 g/mol. The maximum absolute atomic E-state index is 11.7. The summed E-state index contributed by atoms with van der Waals surface area (Å²) in [6.45, 7) is 0.390. The first-order valence-corrected chi connectivity index (χ1v) is 5.32. The van der Waals surface area contributed by atoms with Crippen molar-refractivity contribution < 1.29 is 0 Å². The van der Waals surface area contributed by atoms with Crippen molar-refractivity contribution in [2.75, 3.05) is 19.0 Å². The Labute approximate surface area is 99.3 Å². The number of aromatic nitrogens is 3. The van der Waals surface area contributed by atoms with E-state index in [1.54, 1.807) is 12.3 Å². The molecule has 2 aromatic heterocycles. The van der Waals surface area contributed by atoms with Crippen LogP contribution in [0.4, 0.5) is 5.82 Å². The number of hydrogen-bond acceptors (Lipinski definition) is 4. The molecule has 0 saturated carbocycles. The van der Waals surface area contributed by atoms with Crippen LogP contribution in [0.15, 0.2) is 41.3 Å². The van der Waals surface area contributed by atoms with E-state index in [1.807, 2.05) is 37.2 Å². The second-order valence-corrected chi connectivity index (χ2v) is 3.90. The van der Waals surface area contributed by atoms with Crippen LogP contribution in [-0.4, -0.2) is 28.9 Å². The van der Waals surface area contributed by atoms with Crippen LogP contribution in [0.1, 0.15) is 5.69 Å². The van der Waals surface area contributed by atoms with Gasteiger partial charge in [-0.2, -0.15) is 5.10 Å². The van der Waals surface area contributed by atoms with E-state index in [2.05, 4.69) is 10.1 Å². The average Bonchev–Trinajstić information content (AvgIpc) is 2.33. The molecule has 17 heavy (non-hydrogen) atoms. The topological polar surface area (TPSA) is 51.0 Å². The lowest BCUT2D eigenvalue weighted by molar-refractivity contribution is 0.626. The first-order chi connectivity index (χ1) is 8.16. The van der Waals surface area contributed by atoms with E-state index in [1.165, 1.54) is 10.7 Å². The van der Waals surface area contributed by atoms with Crippen LogP contribution >= 0.6 is 0 Å². The van der Waals surface area contributed by atoms with Gasteiger partial charge in [-0.1, -0.05) is 6.07 Å². The first kappa shape index (κ1) is 11.3. The molecule has 0 spiro atoms. The average molecular weight is 230 g/mol. The van der Waals surface area contributed by atoms with Gasteiger partial charge in [-0.05, 0) is 18.2 Å². The van der Waals surface area contributed by atoms with E-state index in [4.69, 9.17) is 0 Å². The second-order valence-electron chi connectivity index (χ2n) is 3.90. The molecule has 0 aromatic carbocycles. The predicted molar refractivity (Wildman–Crippen MR) is 66.2 cm³/mol. The van der Waals surface area contributed by atoms with Gasteiger partial charge in [-0.3, -0.25) is 9.78 Å². The minimum absolute atomic E-state index is 0.124. The van der Waals surface area contributed by atoms with Crippen molar-refractivity contribution in [2.45, 2.75) is 6.54 Å². The fourth-order valence-electron chi connectivity index (χ4n) is 1.44. The third-order valence-electron chi connectivity index (χ3n) is 2.35. The molecule has 2 rings (SSSR count). The van der Waals surface area contributed by atoms with E-state index < -0.39 is 0 Å². The Hall–Kier alpha value is -2.17. The molecule has 0 amide bonds. The van der Waals surface area contributed by atoms with Crippen molar-refractivity contribution >= 4 is 5.82 Å². The van der Waals surface area contributed by atoms with Gasteiger partial charge >= 0.3 is 0 Å². The third kappa shape index (κ3) is 2.69. The highest BCUT2D eigenvalue weighted by molar-refractivity contribution is 5.33. The predicted octanol–water partition coefficient (Wildman–Crippen LogP) is 0.753. The normalized spacial score (nSPS) is 10.2. The molecular weight excluding hydrogens is 216 g/mol. The maximum Gasteiger partial charge on any atom is 0.267 e. The van der Waals surface area contributed by atoms with E-state index in [9.17, 15) is 4.79 Å². The van der Waals surface area contributed by atoms with Crippen LogP contribution in [0.25, 0.3) is 0 Å². The van der Waals surface area contributed by atoms with Crippen molar-refractivity contribution in [2.24, 2.45) is 0 Å². The summed E-state index contributed by atoms with van der Waals surface area (Å²) in [5, 5.41) is 4.26. The van der Waals surface area contributed by atoms with Gasteiger partial charge in [0.1, 0.15) is 5.82 Å². The van der Waals surface area contributed by atoms with Gasteiger partial charge in [-0.15, -0.1) is 0 Å². The number of pyridine rings is 1. The fraction of sp³-hybridized carbons (Fsp3) is 0.250. The first-order valence-electron chi connectivity index (χ1n) is 5.32. The number of nitrogens with zero attached hydrogens (tertiary/aromatic N) is 4. The van der Waals surface area contributed by atoms with Crippen LogP contribution in [0, 0.1) is 0 Å². The molecule has 0 bridgehead atoms. The number of anilines is 1. The van der Waals surface area contributed by atoms with Gasteiger partial charge in [0.2, 0.25) is 0 Å². The Kier molecular flexibility index (Phi) is 3.18.